The third-order valence-corrected chi connectivity index (χ3v) is 5.82. The van der Waals surface area contributed by atoms with Crippen molar-refractivity contribution in [3.8, 4) is 0 Å². The van der Waals surface area contributed by atoms with Crippen LogP contribution in [0.5, 0.6) is 0 Å². The molecule has 0 radical (unpaired) electrons. The third-order valence-electron chi connectivity index (χ3n) is 5.82. The fourth-order valence-electron chi connectivity index (χ4n) is 3.95. The topological polar surface area (TPSA) is 195 Å². The maximum Gasteiger partial charge on any atom is 0.262 e. The summed E-state index contributed by atoms with van der Waals surface area (Å²) in [6.45, 7) is 3.16. The molecule has 1 saturated heterocycles. The summed E-state index contributed by atoms with van der Waals surface area (Å²) in [5, 5.41) is 6.88. The van der Waals surface area contributed by atoms with Gasteiger partial charge in [0.25, 0.3) is 11.8 Å². The van der Waals surface area contributed by atoms with Gasteiger partial charge in [0.1, 0.15) is 6.04 Å². The van der Waals surface area contributed by atoms with Crippen LogP contribution < -0.4 is 27.9 Å². The Bertz CT molecular complexity index is 1010. The van der Waals surface area contributed by atoms with Crippen molar-refractivity contribution < 1.29 is 28.7 Å². The zero-order valence-corrected chi connectivity index (χ0v) is 20.0. The Balaban J connectivity index is 1.49. The van der Waals surface area contributed by atoms with E-state index in [1.807, 2.05) is 0 Å². The molecule has 0 saturated carbocycles. The highest BCUT2D eigenvalue weighted by Gasteiger charge is 2.44. The lowest BCUT2D eigenvalue weighted by Gasteiger charge is -2.27. The molecular formula is C23H33N7O6. The summed E-state index contributed by atoms with van der Waals surface area (Å²) < 4.78 is 10.7. The lowest BCUT2D eigenvalue weighted by atomic mass is 10.0. The third kappa shape index (κ3) is 6.57. The number of rotatable bonds is 14. The minimum Gasteiger partial charge on any atom is -0.403 e. The maximum atomic E-state index is 12.9. The van der Waals surface area contributed by atoms with Crippen molar-refractivity contribution in [2.75, 3.05) is 51.4 Å². The summed E-state index contributed by atoms with van der Waals surface area (Å²) in [4.78, 5) is 50.3. The highest BCUT2D eigenvalue weighted by atomic mass is 16.5. The first-order valence-corrected chi connectivity index (χ1v) is 11.8. The average Bonchev–Trinajstić information content (AvgIpc) is 3.10. The van der Waals surface area contributed by atoms with E-state index in [0.29, 0.717) is 63.9 Å². The van der Waals surface area contributed by atoms with Crippen LogP contribution in [0.15, 0.2) is 30.1 Å². The van der Waals surface area contributed by atoms with Crippen molar-refractivity contribution >= 4 is 29.3 Å². The molecule has 2 heterocycles. The van der Waals surface area contributed by atoms with Crippen LogP contribution >= 0.6 is 0 Å². The number of fused-ring (bicyclic) bond motifs is 1. The maximum absolute atomic E-state index is 12.9. The molecule has 1 fully saturated rings. The number of nitrogens with two attached hydrogens (primary N) is 3. The minimum atomic E-state index is -0.998. The van der Waals surface area contributed by atoms with Crippen molar-refractivity contribution in [2.45, 2.75) is 25.3 Å². The van der Waals surface area contributed by atoms with Crippen LogP contribution in [0.2, 0.25) is 0 Å². The molecule has 196 valence electrons. The van der Waals surface area contributed by atoms with Crippen LogP contribution in [0.4, 0.5) is 5.69 Å². The van der Waals surface area contributed by atoms with E-state index in [1.165, 1.54) is 11.2 Å². The minimum absolute atomic E-state index is 0.0705. The molecule has 2 aliphatic heterocycles. The Morgan fingerprint density at radius 2 is 1.83 bits per heavy atom. The van der Waals surface area contributed by atoms with Crippen LogP contribution in [-0.4, -0.2) is 85.6 Å². The Morgan fingerprint density at radius 3 is 2.53 bits per heavy atom. The molecule has 0 bridgehead atoms. The molecule has 36 heavy (non-hydrogen) atoms. The molecule has 1 atom stereocenters. The summed E-state index contributed by atoms with van der Waals surface area (Å²) in [7, 11) is 0. The molecule has 3 rings (SSSR count). The smallest absolute Gasteiger partial charge is 0.262 e. The van der Waals surface area contributed by atoms with E-state index < -0.39 is 29.7 Å². The number of hydrazine groups is 1. The highest BCUT2D eigenvalue weighted by Crippen LogP contribution is 2.29. The number of anilines is 1. The molecule has 1 unspecified atom stereocenters. The zero-order chi connectivity index (χ0) is 26.1. The van der Waals surface area contributed by atoms with Gasteiger partial charge < -0.3 is 31.3 Å². The molecule has 0 spiro atoms. The van der Waals surface area contributed by atoms with E-state index >= 15 is 0 Å². The van der Waals surface area contributed by atoms with E-state index in [2.05, 4.69) is 10.6 Å². The van der Waals surface area contributed by atoms with E-state index in [0.717, 1.165) is 4.90 Å². The lowest BCUT2D eigenvalue weighted by Crippen LogP contribution is -2.54. The predicted molar refractivity (Wildman–Crippen MR) is 130 cm³/mol. The van der Waals surface area contributed by atoms with E-state index in [9.17, 15) is 19.2 Å². The van der Waals surface area contributed by atoms with Gasteiger partial charge in [0.15, 0.2) is 0 Å². The summed E-state index contributed by atoms with van der Waals surface area (Å²) in [6, 6.07) is 3.81. The van der Waals surface area contributed by atoms with Gasteiger partial charge in [-0.3, -0.25) is 29.4 Å². The van der Waals surface area contributed by atoms with Crippen molar-refractivity contribution in [1.29, 1.82) is 0 Å². The number of nitrogens with zero attached hydrogens (tertiary/aromatic N) is 2. The van der Waals surface area contributed by atoms with Gasteiger partial charge in [0, 0.05) is 43.5 Å². The van der Waals surface area contributed by atoms with Crippen molar-refractivity contribution in [2.24, 2.45) is 17.3 Å². The van der Waals surface area contributed by atoms with Crippen LogP contribution in [0.1, 0.15) is 40.0 Å². The number of benzene rings is 1. The number of hydrogen-bond acceptors (Lipinski definition) is 11. The van der Waals surface area contributed by atoms with Gasteiger partial charge in [-0.2, -0.15) is 0 Å². The Kier molecular flexibility index (Phi) is 9.76. The normalized spacial score (nSPS) is 17.9. The fourth-order valence-corrected chi connectivity index (χ4v) is 3.95. The molecule has 0 aliphatic carbocycles. The second-order valence-corrected chi connectivity index (χ2v) is 8.25. The first kappa shape index (κ1) is 27.1. The molecule has 4 amide bonds. The molecule has 13 heteroatoms. The number of ether oxygens (including phenoxy) is 2. The molecule has 2 aliphatic rings. The summed E-state index contributed by atoms with van der Waals surface area (Å²) >= 11 is 0. The summed E-state index contributed by atoms with van der Waals surface area (Å²) in [6.07, 6.45) is 2.10. The number of imide groups is 2. The van der Waals surface area contributed by atoms with Crippen molar-refractivity contribution in [1.82, 2.24) is 15.2 Å². The largest absolute Gasteiger partial charge is 0.403 e. The predicted octanol–water partition coefficient (Wildman–Crippen LogP) is -1.14. The quantitative estimate of drug-likeness (QED) is 0.0890. The second-order valence-electron chi connectivity index (χ2n) is 8.25. The molecule has 13 nitrogen and oxygen atoms in total. The second kappa shape index (κ2) is 13.0. The van der Waals surface area contributed by atoms with Crippen molar-refractivity contribution in [3.05, 3.63) is 41.2 Å². The average molecular weight is 504 g/mol. The Hall–Kier alpha value is -3.52. The SMILES string of the molecule is N/C=C(/CCNc1ccc2c(c1)C(=O)N(C1CCC(=O)NC1=O)C2=O)N(N)CCOCCOCCN. The number of carbonyl (C=O) groups excluding carboxylic acids is 4. The van der Waals surface area contributed by atoms with E-state index in [4.69, 9.17) is 26.8 Å². The number of piperidine rings is 1. The number of amides is 4. The zero-order valence-electron chi connectivity index (χ0n) is 20.0. The van der Waals surface area contributed by atoms with Crippen LogP contribution in [0.25, 0.3) is 0 Å². The van der Waals surface area contributed by atoms with Gasteiger partial charge in [-0.1, -0.05) is 0 Å². The number of carbonyl (C=O) groups is 4. The van der Waals surface area contributed by atoms with Gasteiger partial charge in [0.05, 0.1) is 44.1 Å². The first-order chi connectivity index (χ1) is 17.4. The van der Waals surface area contributed by atoms with E-state index in [-0.39, 0.29) is 24.0 Å². The van der Waals surface area contributed by atoms with Gasteiger partial charge in [-0.15, -0.1) is 0 Å². The lowest BCUT2D eigenvalue weighted by molar-refractivity contribution is -0.136. The van der Waals surface area contributed by atoms with Gasteiger partial charge in [-0.05, 0) is 24.6 Å². The first-order valence-electron chi connectivity index (χ1n) is 11.8. The van der Waals surface area contributed by atoms with Crippen molar-refractivity contribution in [3.63, 3.8) is 0 Å². The molecule has 1 aromatic rings. The molecule has 8 N–H and O–H groups in total. The summed E-state index contributed by atoms with van der Waals surface area (Å²) in [5.41, 5.74) is 12.8. The number of hydrogen-bond donors (Lipinski definition) is 5. The van der Waals surface area contributed by atoms with Crippen LogP contribution in [-0.2, 0) is 19.1 Å². The summed E-state index contributed by atoms with van der Waals surface area (Å²) in [5.74, 6) is 3.91. The molecular weight excluding hydrogens is 470 g/mol. The van der Waals surface area contributed by atoms with E-state index in [1.54, 1.807) is 18.2 Å². The highest BCUT2D eigenvalue weighted by molar-refractivity contribution is 6.23. The molecule has 1 aromatic carbocycles. The monoisotopic (exact) mass is 503 g/mol. The molecule has 0 aromatic heterocycles. The Morgan fingerprint density at radius 1 is 1.11 bits per heavy atom. The van der Waals surface area contributed by atoms with Gasteiger partial charge in [0.2, 0.25) is 11.8 Å². The van der Waals surface area contributed by atoms with Gasteiger partial charge >= 0.3 is 0 Å². The van der Waals surface area contributed by atoms with Crippen LogP contribution in [0, 0.1) is 0 Å². The van der Waals surface area contributed by atoms with Gasteiger partial charge in [-0.25, -0.2) is 5.84 Å². The van der Waals surface area contributed by atoms with Crippen LogP contribution in [0.3, 0.4) is 0 Å². The number of nitrogens with one attached hydrogen (secondary N) is 2. The Labute approximate surface area is 208 Å². The fraction of sp³-hybridized carbons (Fsp3) is 0.478. The standard InChI is InChI=1S/C23H33N7O6/c24-6-9-35-11-12-36-10-8-29(26)16(14-25)5-7-27-15-1-2-17-18(13-15)23(34)30(22(17)33)19-3-4-20(31)28-21(19)32/h1-2,13-14,19,27H,3-12,24-26H2,(H,28,31,32)/b16-14-.